The molecule has 0 aliphatic rings. The Kier molecular flexibility index (Phi) is 4.11. The molecule has 0 amide bonds. The highest BCUT2D eigenvalue weighted by molar-refractivity contribution is 7.97. The summed E-state index contributed by atoms with van der Waals surface area (Å²) < 4.78 is 0. The van der Waals surface area contributed by atoms with Crippen molar-refractivity contribution in [2.75, 3.05) is 0 Å². The number of rotatable bonds is 4. The monoisotopic (exact) mass is 295 g/mol. The van der Waals surface area contributed by atoms with Gasteiger partial charge in [0.1, 0.15) is 0 Å². The molecule has 3 heteroatoms. The Hall–Kier alpha value is -2.00. The molecule has 2 nitrogen and oxygen atoms in total. The third-order valence-corrected chi connectivity index (χ3v) is 4.46. The average molecular weight is 295 g/mol. The predicted molar refractivity (Wildman–Crippen MR) is 90.7 cm³/mol. The first kappa shape index (κ1) is 14.0. The zero-order chi connectivity index (χ0) is 14.7. The Morgan fingerprint density at radius 3 is 2.62 bits per heavy atom. The second-order valence-corrected chi connectivity index (χ2v) is 6.17. The number of H-pyrrole nitrogens is 1. The molecule has 1 N–H and O–H groups in total. The Morgan fingerprint density at radius 1 is 1.00 bits per heavy atom. The van der Waals surface area contributed by atoms with E-state index in [4.69, 9.17) is 0 Å². The van der Waals surface area contributed by atoms with E-state index in [0.29, 0.717) is 0 Å². The Bertz CT molecular complexity index is 808. The van der Waals surface area contributed by atoms with E-state index in [9.17, 15) is 4.79 Å². The number of aromatic amines is 1. The summed E-state index contributed by atoms with van der Waals surface area (Å²) in [5.74, 6) is 1.77. The van der Waals surface area contributed by atoms with E-state index in [2.05, 4.69) is 29.2 Å². The number of fused-ring (bicyclic) bond motifs is 1. The number of nitrogens with one attached hydrogen (secondary N) is 1. The topological polar surface area (TPSA) is 32.9 Å². The molecule has 1 heterocycles. The number of benzene rings is 2. The Balaban J connectivity index is 1.76. The van der Waals surface area contributed by atoms with Crippen molar-refractivity contribution in [2.45, 2.75) is 18.4 Å². The van der Waals surface area contributed by atoms with Crippen LogP contribution in [0.15, 0.2) is 59.4 Å². The fraction of sp³-hybridized carbons (Fsp3) is 0.167. The fourth-order valence-electron chi connectivity index (χ4n) is 2.35. The largest absolute Gasteiger partial charge is 0.357 e. The maximum Gasteiger partial charge on any atom is 0.189 e. The number of aryl methyl sites for hydroxylation is 1. The van der Waals surface area contributed by atoms with Gasteiger partial charge in [-0.3, -0.25) is 4.79 Å². The average Bonchev–Trinajstić information content (AvgIpc) is 2.49. The highest BCUT2D eigenvalue weighted by Crippen LogP contribution is 2.18. The maximum absolute atomic E-state index is 12.2. The molecule has 2 aromatic carbocycles. The van der Waals surface area contributed by atoms with E-state index in [0.717, 1.165) is 33.7 Å². The van der Waals surface area contributed by atoms with E-state index >= 15 is 0 Å². The Morgan fingerprint density at radius 2 is 1.81 bits per heavy atom. The van der Waals surface area contributed by atoms with Gasteiger partial charge in [-0.15, -0.1) is 0 Å². The minimum Gasteiger partial charge on any atom is -0.357 e. The molecule has 0 aliphatic heterocycles. The molecule has 0 saturated heterocycles. The van der Waals surface area contributed by atoms with Crippen LogP contribution in [0.25, 0.3) is 10.9 Å². The van der Waals surface area contributed by atoms with Crippen LogP contribution in [0.4, 0.5) is 0 Å². The number of pyridine rings is 1. The van der Waals surface area contributed by atoms with Gasteiger partial charge in [0.05, 0.1) is 0 Å². The van der Waals surface area contributed by atoms with Gasteiger partial charge >= 0.3 is 0 Å². The van der Waals surface area contributed by atoms with Crippen molar-refractivity contribution in [2.24, 2.45) is 0 Å². The normalized spacial score (nSPS) is 10.9. The molecule has 3 aromatic rings. The lowest BCUT2D eigenvalue weighted by Crippen LogP contribution is -2.04. The zero-order valence-electron chi connectivity index (χ0n) is 11.9. The summed E-state index contributed by atoms with van der Waals surface area (Å²) in [6.45, 7) is 2.00. The van der Waals surface area contributed by atoms with Crippen LogP contribution in [-0.2, 0) is 11.5 Å². The third-order valence-electron chi connectivity index (χ3n) is 3.41. The molecule has 0 saturated carbocycles. The van der Waals surface area contributed by atoms with Crippen molar-refractivity contribution in [1.82, 2.24) is 4.98 Å². The highest BCUT2D eigenvalue weighted by atomic mass is 32.2. The number of thioether (sulfide) groups is 1. The lowest BCUT2D eigenvalue weighted by molar-refractivity contribution is 1.20. The third kappa shape index (κ3) is 3.37. The van der Waals surface area contributed by atoms with Crippen molar-refractivity contribution >= 4 is 22.7 Å². The van der Waals surface area contributed by atoms with Crippen LogP contribution < -0.4 is 5.43 Å². The molecular weight excluding hydrogens is 278 g/mol. The van der Waals surface area contributed by atoms with E-state index in [-0.39, 0.29) is 5.43 Å². The summed E-state index contributed by atoms with van der Waals surface area (Å²) in [4.78, 5) is 15.5. The second-order valence-electron chi connectivity index (χ2n) is 5.19. The van der Waals surface area contributed by atoms with Crippen molar-refractivity contribution in [1.29, 1.82) is 0 Å². The molecule has 0 atom stereocenters. The lowest BCUT2D eigenvalue weighted by atomic mass is 10.1. The molecule has 1 aromatic heterocycles. The van der Waals surface area contributed by atoms with Gasteiger partial charge in [0.2, 0.25) is 0 Å². The molecule has 0 aliphatic carbocycles. The van der Waals surface area contributed by atoms with Gasteiger partial charge in [-0.1, -0.05) is 42.0 Å². The summed E-state index contributed by atoms with van der Waals surface area (Å²) in [6.07, 6.45) is 0. The van der Waals surface area contributed by atoms with Crippen LogP contribution >= 0.6 is 11.8 Å². The van der Waals surface area contributed by atoms with Crippen LogP contribution in [-0.4, -0.2) is 4.98 Å². The molecule has 0 spiro atoms. The van der Waals surface area contributed by atoms with Gasteiger partial charge < -0.3 is 4.98 Å². The van der Waals surface area contributed by atoms with Gasteiger partial charge in [-0.05, 0) is 24.6 Å². The minimum absolute atomic E-state index is 0.0998. The summed E-state index contributed by atoms with van der Waals surface area (Å²) in [6, 6.07) is 18.0. The van der Waals surface area contributed by atoms with Crippen molar-refractivity contribution in [3.63, 3.8) is 0 Å². The van der Waals surface area contributed by atoms with E-state index in [1.807, 2.05) is 43.0 Å². The molecule has 3 rings (SSSR count). The number of hydrogen-bond donors (Lipinski definition) is 1. The van der Waals surface area contributed by atoms with Gasteiger partial charge in [0.25, 0.3) is 0 Å². The summed E-state index contributed by atoms with van der Waals surface area (Å²) >= 11 is 1.81. The zero-order valence-corrected chi connectivity index (χ0v) is 12.7. The first-order chi connectivity index (χ1) is 10.2. The van der Waals surface area contributed by atoms with Crippen LogP contribution in [0.1, 0.15) is 16.8 Å². The quantitative estimate of drug-likeness (QED) is 0.779. The number of aromatic nitrogens is 1. The number of hydrogen-bond acceptors (Lipinski definition) is 2. The van der Waals surface area contributed by atoms with Crippen molar-refractivity contribution in [3.05, 3.63) is 81.6 Å². The molecule has 0 radical (unpaired) electrons. The van der Waals surface area contributed by atoms with Crippen molar-refractivity contribution in [3.8, 4) is 0 Å². The molecule has 0 bridgehead atoms. The van der Waals surface area contributed by atoms with Gasteiger partial charge in [-0.25, -0.2) is 0 Å². The fourth-order valence-corrected chi connectivity index (χ4v) is 3.25. The van der Waals surface area contributed by atoms with Gasteiger partial charge in [0, 0.05) is 34.2 Å². The SMILES string of the molecule is Cc1ccc2[nH]c(CSCc3ccccc3)cc(=O)c2c1. The highest BCUT2D eigenvalue weighted by Gasteiger charge is 2.03. The van der Waals surface area contributed by atoms with Crippen LogP contribution in [0.2, 0.25) is 0 Å². The smallest absolute Gasteiger partial charge is 0.189 e. The molecule has 0 unspecified atom stereocenters. The first-order valence-electron chi connectivity index (χ1n) is 6.96. The van der Waals surface area contributed by atoms with Gasteiger partial charge in [0.15, 0.2) is 5.43 Å². The molecular formula is C18H17NOS. The van der Waals surface area contributed by atoms with Gasteiger partial charge in [-0.2, -0.15) is 11.8 Å². The lowest BCUT2D eigenvalue weighted by Gasteiger charge is -2.05. The standard InChI is InChI=1S/C18H17NOS/c1-13-7-8-17-16(9-13)18(20)10-15(19-17)12-21-11-14-5-3-2-4-6-14/h2-10H,11-12H2,1H3,(H,19,20). The van der Waals surface area contributed by atoms with E-state index < -0.39 is 0 Å². The predicted octanol–water partition coefficient (Wildman–Crippen LogP) is 4.27. The molecule has 21 heavy (non-hydrogen) atoms. The molecule has 0 fully saturated rings. The van der Waals surface area contributed by atoms with Crippen LogP contribution in [0, 0.1) is 6.92 Å². The second kappa shape index (κ2) is 6.19. The van der Waals surface area contributed by atoms with Crippen LogP contribution in [0.3, 0.4) is 0 Å². The molecule has 106 valence electrons. The van der Waals surface area contributed by atoms with E-state index in [1.54, 1.807) is 6.07 Å². The summed E-state index contributed by atoms with van der Waals surface area (Å²) in [5.41, 5.74) is 4.42. The first-order valence-corrected chi connectivity index (χ1v) is 8.12. The van der Waals surface area contributed by atoms with Crippen molar-refractivity contribution < 1.29 is 0 Å². The summed E-state index contributed by atoms with van der Waals surface area (Å²) in [5, 5.41) is 0.770. The van der Waals surface area contributed by atoms with E-state index in [1.165, 1.54) is 5.56 Å². The Labute approximate surface area is 128 Å². The maximum atomic E-state index is 12.2. The minimum atomic E-state index is 0.0998. The summed E-state index contributed by atoms with van der Waals surface area (Å²) in [7, 11) is 0. The van der Waals surface area contributed by atoms with Crippen LogP contribution in [0.5, 0.6) is 0 Å².